The van der Waals surface area contributed by atoms with Gasteiger partial charge in [0.1, 0.15) is 5.82 Å². The fraction of sp³-hybridized carbons (Fsp3) is 0.231. The molecular weight excluding hydrogens is 398 g/mol. The van der Waals surface area contributed by atoms with Crippen LogP contribution in [0.4, 0.5) is 0 Å². The van der Waals surface area contributed by atoms with Crippen molar-refractivity contribution in [1.29, 1.82) is 0 Å². The number of aromatic nitrogens is 2. The number of carbonyl (C=O) groups is 1. The van der Waals surface area contributed by atoms with E-state index in [9.17, 15) is 4.79 Å². The largest absolute Gasteiger partial charge is 0.366 e. The maximum Gasteiger partial charge on any atom is 0.249 e. The van der Waals surface area contributed by atoms with Gasteiger partial charge < -0.3 is 17.2 Å². The van der Waals surface area contributed by atoms with Crippen molar-refractivity contribution in [1.82, 2.24) is 9.55 Å². The third-order valence-corrected chi connectivity index (χ3v) is 5.78. The zero-order valence-corrected chi connectivity index (χ0v) is 18.3. The Morgan fingerprint density at radius 2 is 1.47 bits per heavy atom. The van der Waals surface area contributed by atoms with Crippen LogP contribution in [0.1, 0.15) is 34.2 Å². The van der Waals surface area contributed by atoms with Crippen LogP contribution in [0.5, 0.6) is 0 Å². The second-order valence-corrected chi connectivity index (χ2v) is 7.88. The first-order valence-electron chi connectivity index (χ1n) is 11.0. The highest BCUT2D eigenvalue weighted by Gasteiger charge is 2.20. The highest BCUT2D eigenvalue weighted by atomic mass is 16.1. The van der Waals surface area contributed by atoms with Crippen molar-refractivity contribution < 1.29 is 4.79 Å². The average molecular weight is 428 g/mol. The predicted octanol–water partition coefficient (Wildman–Crippen LogP) is 3.36. The smallest absolute Gasteiger partial charge is 0.249 e. The van der Waals surface area contributed by atoms with E-state index in [0.29, 0.717) is 18.7 Å². The molecule has 6 heteroatoms. The molecule has 0 atom stereocenters. The summed E-state index contributed by atoms with van der Waals surface area (Å²) >= 11 is 0. The van der Waals surface area contributed by atoms with E-state index >= 15 is 0 Å². The van der Waals surface area contributed by atoms with Crippen LogP contribution in [-0.2, 0) is 19.3 Å². The maximum atomic E-state index is 12.3. The van der Waals surface area contributed by atoms with Gasteiger partial charge in [-0.2, -0.15) is 0 Å². The Balaban J connectivity index is 1.93. The van der Waals surface area contributed by atoms with Gasteiger partial charge in [0.15, 0.2) is 0 Å². The summed E-state index contributed by atoms with van der Waals surface area (Å²) in [6.45, 7) is 3.30. The molecule has 0 aliphatic carbocycles. The Bertz CT molecular complexity index is 1240. The Morgan fingerprint density at radius 1 is 0.875 bits per heavy atom. The van der Waals surface area contributed by atoms with Crippen LogP contribution >= 0.6 is 0 Å². The molecule has 164 valence electrons. The summed E-state index contributed by atoms with van der Waals surface area (Å²) in [4.78, 5) is 17.3. The van der Waals surface area contributed by atoms with Crippen molar-refractivity contribution in [3.8, 4) is 16.8 Å². The molecule has 0 unspecified atom stereocenters. The summed E-state index contributed by atoms with van der Waals surface area (Å²) in [7, 11) is 0. The van der Waals surface area contributed by atoms with E-state index in [0.717, 1.165) is 58.5 Å². The first kappa shape index (κ1) is 21.7. The molecule has 0 bridgehead atoms. The highest BCUT2D eigenvalue weighted by Crippen LogP contribution is 2.34. The van der Waals surface area contributed by atoms with Crippen LogP contribution in [0.15, 0.2) is 60.7 Å². The van der Waals surface area contributed by atoms with E-state index in [1.54, 1.807) is 6.07 Å². The lowest BCUT2D eigenvalue weighted by Crippen LogP contribution is -2.12. The fourth-order valence-corrected chi connectivity index (χ4v) is 4.20. The Labute approximate surface area is 188 Å². The van der Waals surface area contributed by atoms with Gasteiger partial charge in [-0.1, -0.05) is 43.3 Å². The lowest BCUT2D eigenvalue weighted by atomic mass is 9.96. The molecule has 3 aromatic carbocycles. The fourth-order valence-electron chi connectivity index (χ4n) is 4.20. The van der Waals surface area contributed by atoms with Crippen LogP contribution < -0.4 is 17.2 Å². The minimum Gasteiger partial charge on any atom is -0.366 e. The van der Waals surface area contributed by atoms with Gasteiger partial charge in [0.25, 0.3) is 0 Å². The molecule has 0 radical (unpaired) electrons. The summed E-state index contributed by atoms with van der Waals surface area (Å²) < 4.78 is 2.15. The summed E-state index contributed by atoms with van der Waals surface area (Å²) in [6, 6.07) is 20.2. The van der Waals surface area contributed by atoms with E-state index in [2.05, 4.69) is 35.8 Å². The van der Waals surface area contributed by atoms with Gasteiger partial charge in [-0.3, -0.25) is 9.36 Å². The molecule has 1 amide bonds. The second kappa shape index (κ2) is 9.34. The van der Waals surface area contributed by atoms with Crippen molar-refractivity contribution in [2.75, 3.05) is 13.1 Å². The summed E-state index contributed by atoms with van der Waals surface area (Å²) in [5.74, 6) is 0.459. The number of fused-ring (bicyclic) bond motifs is 1. The molecule has 0 fully saturated rings. The third-order valence-electron chi connectivity index (χ3n) is 5.78. The first-order valence-corrected chi connectivity index (χ1v) is 11.0. The number of benzene rings is 3. The van der Waals surface area contributed by atoms with Gasteiger partial charge in [-0.15, -0.1) is 0 Å². The zero-order valence-electron chi connectivity index (χ0n) is 18.3. The molecule has 0 spiro atoms. The monoisotopic (exact) mass is 427 g/mol. The molecule has 1 aromatic heterocycles. The van der Waals surface area contributed by atoms with Crippen LogP contribution in [-0.4, -0.2) is 28.5 Å². The van der Waals surface area contributed by atoms with Gasteiger partial charge >= 0.3 is 0 Å². The topological polar surface area (TPSA) is 113 Å². The molecule has 0 aliphatic rings. The van der Waals surface area contributed by atoms with Crippen LogP contribution in [0.3, 0.4) is 0 Å². The lowest BCUT2D eigenvalue weighted by Gasteiger charge is -2.12. The van der Waals surface area contributed by atoms with E-state index in [1.807, 2.05) is 30.3 Å². The lowest BCUT2D eigenvalue weighted by molar-refractivity contribution is 0.100. The summed E-state index contributed by atoms with van der Waals surface area (Å²) in [5, 5.41) is 0. The number of nitrogens with zero attached hydrogens (tertiary/aromatic N) is 2. The molecule has 0 saturated carbocycles. The van der Waals surface area contributed by atoms with Crippen molar-refractivity contribution >= 4 is 16.9 Å². The number of imidazole rings is 1. The van der Waals surface area contributed by atoms with Gasteiger partial charge in [-0.05, 0) is 66.9 Å². The molecule has 32 heavy (non-hydrogen) atoms. The number of amides is 1. The number of nitrogens with two attached hydrogens (primary N) is 3. The van der Waals surface area contributed by atoms with Crippen molar-refractivity contribution in [3.05, 3.63) is 83.2 Å². The number of rotatable bonds is 8. The molecule has 4 aromatic rings. The molecule has 1 heterocycles. The molecule has 0 saturated heterocycles. The van der Waals surface area contributed by atoms with Crippen molar-refractivity contribution in [3.63, 3.8) is 0 Å². The second-order valence-electron chi connectivity index (χ2n) is 7.88. The average Bonchev–Trinajstić information content (AvgIpc) is 3.18. The van der Waals surface area contributed by atoms with E-state index in [1.165, 1.54) is 5.56 Å². The van der Waals surface area contributed by atoms with Crippen LogP contribution in [0.25, 0.3) is 27.8 Å². The van der Waals surface area contributed by atoms with E-state index < -0.39 is 5.91 Å². The number of hydrogen-bond acceptors (Lipinski definition) is 4. The summed E-state index contributed by atoms with van der Waals surface area (Å²) in [6.07, 6.45) is 2.40. The minimum absolute atomic E-state index is 0.466. The molecule has 4 rings (SSSR count). The Hall–Kier alpha value is -3.48. The maximum absolute atomic E-state index is 12.3. The van der Waals surface area contributed by atoms with Crippen molar-refractivity contribution in [2.45, 2.75) is 26.2 Å². The van der Waals surface area contributed by atoms with Gasteiger partial charge in [0.2, 0.25) is 5.91 Å². The first-order chi connectivity index (χ1) is 15.6. The SMILES string of the molecule is CCc1nc2c(-c3ccc(CCN)cc3)c(C(N)=O)ccc2n1-c1ccc(CCN)cc1. The van der Waals surface area contributed by atoms with E-state index in [-0.39, 0.29) is 0 Å². The van der Waals surface area contributed by atoms with Gasteiger partial charge in [-0.25, -0.2) is 4.98 Å². The summed E-state index contributed by atoms with van der Waals surface area (Å²) in [5.41, 5.74) is 24.4. The number of carbonyl (C=O) groups excluding carboxylic acids is 1. The Kier molecular flexibility index (Phi) is 6.35. The van der Waals surface area contributed by atoms with Gasteiger partial charge in [0, 0.05) is 23.2 Å². The van der Waals surface area contributed by atoms with Crippen LogP contribution in [0.2, 0.25) is 0 Å². The van der Waals surface area contributed by atoms with Gasteiger partial charge in [0.05, 0.1) is 11.0 Å². The standard InChI is InChI=1S/C26H29N5O/c1-2-23-30-25-22(31(23)20-9-5-18(6-10-20)14-16-28)12-11-21(26(29)32)24(25)19-7-3-17(4-8-19)13-15-27/h3-12H,2,13-16,27-28H2,1H3,(H2,29,32). The number of aryl methyl sites for hydroxylation is 1. The third kappa shape index (κ3) is 4.02. The molecule has 6 nitrogen and oxygen atoms in total. The molecular formula is C26H29N5O. The number of hydrogen-bond donors (Lipinski definition) is 3. The normalized spacial score (nSPS) is 11.2. The zero-order chi connectivity index (χ0) is 22.7. The molecule has 6 N–H and O–H groups in total. The molecule has 0 aliphatic heterocycles. The minimum atomic E-state index is -0.466. The highest BCUT2D eigenvalue weighted by molar-refractivity contribution is 6.08. The Morgan fingerprint density at radius 3 is 2.00 bits per heavy atom. The van der Waals surface area contributed by atoms with E-state index in [4.69, 9.17) is 22.2 Å². The quantitative estimate of drug-likeness (QED) is 0.400. The van der Waals surface area contributed by atoms with Crippen molar-refractivity contribution in [2.24, 2.45) is 17.2 Å². The number of primary amides is 1. The van der Waals surface area contributed by atoms with Crippen LogP contribution in [0, 0.1) is 0 Å². The predicted molar refractivity (Wildman–Crippen MR) is 130 cm³/mol.